The van der Waals surface area contributed by atoms with Crippen LogP contribution in [0.4, 0.5) is 0 Å². The van der Waals surface area contributed by atoms with Crippen LogP contribution in [0.15, 0.2) is 6.20 Å². The summed E-state index contributed by atoms with van der Waals surface area (Å²) in [6.07, 6.45) is 2.83. The number of nitrogens with zero attached hydrogens (tertiary/aromatic N) is 4. The number of ether oxygens (including phenoxy) is 1. The van der Waals surface area contributed by atoms with Crippen LogP contribution in [0, 0.1) is 5.41 Å². The Labute approximate surface area is 99.5 Å². The topological polar surface area (TPSA) is 60.2 Å². The van der Waals surface area contributed by atoms with Crippen LogP contribution in [0.5, 0.6) is 0 Å². The molecule has 2 fully saturated rings. The quantitative estimate of drug-likeness (QED) is 0.750. The second kappa shape index (κ2) is 3.80. The highest BCUT2D eigenvalue weighted by Crippen LogP contribution is 2.28. The van der Waals surface area contributed by atoms with E-state index in [0.717, 1.165) is 39.3 Å². The normalized spacial score (nSPS) is 21.8. The van der Waals surface area contributed by atoms with Crippen molar-refractivity contribution in [3.8, 4) is 0 Å². The predicted molar refractivity (Wildman–Crippen MR) is 59.5 cm³/mol. The van der Waals surface area contributed by atoms with E-state index in [1.165, 1.54) is 0 Å². The second-order valence-corrected chi connectivity index (χ2v) is 5.25. The highest BCUT2D eigenvalue weighted by atomic mass is 16.5. The fourth-order valence-electron chi connectivity index (χ4n) is 2.09. The Morgan fingerprint density at radius 1 is 1.53 bits per heavy atom. The molecule has 3 heterocycles. The van der Waals surface area contributed by atoms with Crippen LogP contribution in [-0.2, 0) is 11.3 Å². The molecule has 1 aromatic rings. The molecular weight excluding hydrogens is 220 g/mol. The van der Waals surface area contributed by atoms with E-state index in [1.54, 1.807) is 15.8 Å². The van der Waals surface area contributed by atoms with Gasteiger partial charge in [-0.15, -0.1) is 5.10 Å². The summed E-state index contributed by atoms with van der Waals surface area (Å²) in [5.41, 5.74) is 0.596. The summed E-state index contributed by atoms with van der Waals surface area (Å²) < 4.78 is 6.94. The highest BCUT2D eigenvalue weighted by molar-refractivity contribution is 5.92. The molecule has 0 N–H and O–H groups in total. The summed E-state index contributed by atoms with van der Waals surface area (Å²) in [7, 11) is 0. The smallest absolute Gasteiger partial charge is 0.276 e. The number of carbonyl (C=O) groups excluding carboxylic acids is 1. The fourth-order valence-corrected chi connectivity index (χ4v) is 2.09. The molecule has 0 bridgehead atoms. The molecular formula is C11H16N4O2. The predicted octanol–water partition coefficient (Wildman–Crippen LogP) is 0.160. The molecule has 0 atom stereocenters. The molecule has 0 aliphatic carbocycles. The molecule has 17 heavy (non-hydrogen) atoms. The third-order valence-corrected chi connectivity index (χ3v) is 3.35. The maximum Gasteiger partial charge on any atom is 0.276 e. The van der Waals surface area contributed by atoms with Gasteiger partial charge in [0, 0.05) is 18.5 Å². The first kappa shape index (κ1) is 10.7. The van der Waals surface area contributed by atoms with Gasteiger partial charge in [0.2, 0.25) is 0 Å². The Balaban J connectivity index is 1.67. The molecule has 1 aromatic heterocycles. The molecule has 2 aliphatic rings. The lowest BCUT2D eigenvalue weighted by molar-refractivity contribution is -0.111. The van der Waals surface area contributed by atoms with Gasteiger partial charge in [-0.25, -0.2) is 0 Å². The number of aromatic nitrogens is 3. The summed E-state index contributed by atoms with van der Waals surface area (Å²) in [5.74, 6) is -0.00230. The molecule has 0 aromatic carbocycles. The van der Waals surface area contributed by atoms with Crippen molar-refractivity contribution in [3.63, 3.8) is 0 Å². The zero-order valence-electron chi connectivity index (χ0n) is 9.93. The summed E-state index contributed by atoms with van der Waals surface area (Å²) in [4.78, 5) is 13.7. The van der Waals surface area contributed by atoms with Crippen LogP contribution in [0.3, 0.4) is 0 Å². The van der Waals surface area contributed by atoms with Crippen LogP contribution < -0.4 is 0 Å². The van der Waals surface area contributed by atoms with Crippen molar-refractivity contribution < 1.29 is 9.53 Å². The van der Waals surface area contributed by atoms with E-state index < -0.39 is 0 Å². The van der Waals surface area contributed by atoms with Crippen LogP contribution in [0.1, 0.15) is 23.8 Å². The molecule has 0 saturated carbocycles. The van der Waals surface area contributed by atoms with E-state index in [9.17, 15) is 4.79 Å². The van der Waals surface area contributed by atoms with Gasteiger partial charge in [-0.2, -0.15) is 0 Å². The molecule has 0 radical (unpaired) electrons. The first-order valence-electron chi connectivity index (χ1n) is 5.93. The number of rotatable bonds is 3. The van der Waals surface area contributed by atoms with Gasteiger partial charge in [-0.05, 0) is 6.42 Å². The number of likely N-dealkylation sites (tertiary alicyclic amines) is 1. The van der Waals surface area contributed by atoms with Crippen molar-refractivity contribution >= 4 is 5.91 Å². The zero-order valence-corrected chi connectivity index (χ0v) is 9.93. The summed E-state index contributed by atoms with van der Waals surface area (Å²) in [5, 5.41) is 7.95. The van der Waals surface area contributed by atoms with Gasteiger partial charge in [0.25, 0.3) is 5.91 Å². The molecule has 92 valence electrons. The van der Waals surface area contributed by atoms with E-state index in [0.29, 0.717) is 5.69 Å². The first-order valence-corrected chi connectivity index (χ1v) is 5.93. The molecule has 1 amide bonds. The molecule has 2 aliphatic heterocycles. The Hall–Kier alpha value is -1.43. The highest BCUT2D eigenvalue weighted by Gasteiger charge is 2.34. The second-order valence-electron chi connectivity index (χ2n) is 5.25. The lowest BCUT2D eigenvalue weighted by atomic mass is 9.89. The van der Waals surface area contributed by atoms with Gasteiger partial charge in [0.05, 0.1) is 26.0 Å². The molecule has 0 spiro atoms. The summed E-state index contributed by atoms with van der Waals surface area (Å²) in [6, 6.07) is 0. The van der Waals surface area contributed by atoms with E-state index in [1.807, 2.05) is 0 Å². The van der Waals surface area contributed by atoms with Gasteiger partial charge >= 0.3 is 0 Å². The number of hydrogen-bond acceptors (Lipinski definition) is 4. The van der Waals surface area contributed by atoms with E-state index in [-0.39, 0.29) is 11.3 Å². The van der Waals surface area contributed by atoms with Gasteiger partial charge in [-0.1, -0.05) is 12.1 Å². The first-order chi connectivity index (χ1) is 8.16. The molecule has 6 nitrogen and oxygen atoms in total. The minimum absolute atomic E-state index is 0.00230. The van der Waals surface area contributed by atoms with E-state index >= 15 is 0 Å². The van der Waals surface area contributed by atoms with Crippen molar-refractivity contribution in [1.82, 2.24) is 19.9 Å². The largest absolute Gasteiger partial charge is 0.380 e. The van der Waals surface area contributed by atoms with Gasteiger partial charge in [-0.3, -0.25) is 9.48 Å². The van der Waals surface area contributed by atoms with Crippen molar-refractivity contribution in [3.05, 3.63) is 11.9 Å². The maximum atomic E-state index is 11.9. The summed E-state index contributed by atoms with van der Waals surface area (Å²) >= 11 is 0. The average Bonchev–Trinajstić information content (AvgIpc) is 2.61. The molecule has 2 saturated heterocycles. The number of carbonyl (C=O) groups is 1. The Bertz CT molecular complexity index is 434. The minimum atomic E-state index is -0.00230. The van der Waals surface area contributed by atoms with Gasteiger partial charge in [0.1, 0.15) is 0 Å². The minimum Gasteiger partial charge on any atom is -0.380 e. The van der Waals surface area contributed by atoms with Gasteiger partial charge in [0.15, 0.2) is 5.69 Å². The lowest BCUT2D eigenvalue weighted by Gasteiger charge is -2.37. The van der Waals surface area contributed by atoms with Crippen molar-refractivity contribution in [2.45, 2.75) is 19.9 Å². The van der Waals surface area contributed by atoms with Crippen LogP contribution >= 0.6 is 0 Å². The molecule has 6 heteroatoms. The third kappa shape index (κ3) is 1.93. The monoisotopic (exact) mass is 236 g/mol. The van der Waals surface area contributed by atoms with Crippen molar-refractivity contribution in [2.75, 3.05) is 26.3 Å². The van der Waals surface area contributed by atoms with Crippen molar-refractivity contribution in [2.24, 2.45) is 5.41 Å². The van der Waals surface area contributed by atoms with Gasteiger partial charge < -0.3 is 9.64 Å². The zero-order chi connectivity index (χ0) is 11.9. The Morgan fingerprint density at radius 3 is 2.82 bits per heavy atom. The van der Waals surface area contributed by atoms with Crippen molar-refractivity contribution in [1.29, 1.82) is 0 Å². The number of hydrogen-bond donors (Lipinski definition) is 0. The third-order valence-electron chi connectivity index (χ3n) is 3.35. The molecule has 3 rings (SSSR count). The van der Waals surface area contributed by atoms with Crippen LogP contribution in [0.25, 0.3) is 0 Å². The SMILES string of the molecule is CC1(Cn2cc(C(=O)N3CCC3)nn2)COC1. The summed E-state index contributed by atoms with van der Waals surface area (Å²) in [6.45, 7) is 6.10. The van der Waals surface area contributed by atoms with E-state index in [4.69, 9.17) is 4.74 Å². The van der Waals surface area contributed by atoms with E-state index in [2.05, 4.69) is 17.2 Å². The van der Waals surface area contributed by atoms with Crippen LogP contribution in [0.2, 0.25) is 0 Å². The fraction of sp³-hybridized carbons (Fsp3) is 0.727. The molecule has 0 unspecified atom stereocenters. The average molecular weight is 236 g/mol. The lowest BCUT2D eigenvalue weighted by Crippen LogP contribution is -2.43. The standard InChI is InChI=1S/C11H16N4O2/c1-11(7-17-8-11)6-15-5-9(12-13-15)10(16)14-3-2-4-14/h5H,2-4,6-8H2,1H3. The Kier molecular flexibility index (Phi) is 2.39. The maximum absolute atomic E-state index is 11.9. The van der Waals surface area contributed by atoms with Crippen LogP contribution in [-0.4, -0.2) is 52.1 Å². The Morgan fingerprint density at radius 2 is 2.29 bits per heavy atom. The number of amides is 1.